The normalized spacial score (nSPS) is 16.3. The third kappa shape index (κ3) is 2.15. The monoisotopic (exact) mass is 224 g/mol. The minimum atomic E-state index is -0.0177. The smallest absolute Gasteiger partial charge is 0.136 e. The van der Waals surface area contributed by atoms with Crippen LogP contribution in [-0.4, -0.2) is 9.97 Å². The summed E-state index contributed by atoms with van der Waals surface area (Å²) in [6.07, 6.45) is 4.54. The van der Waals surface area contributed by atoms with Gasteiger partial charge in [0.05, 0.1) is 0 Å². The quantitative estimate of drug-likeness (QED) is 0.632. The van der Waals surface area contributed by atoms with Crippen LogP contribution in [0.15, 0.2) is 0 Å². The topological polar surface area (TPSA) is 25.8 Å². The van der Waals surface area contributed by atoms with Crippen molar-refractivity contribution in [1.29, 1.82) is 0 Å². The number of halogens is 1. The fraction of sp³-hybridized carbons (Fsp3) is 0.667. The van der Waals surface area contributed by atoms with Gasteiger partial charge in [0.25, 0.3) is 0 Å². The molecule has 1 heterocycles. The fourth-order valence-electron chi connectivity index (χ4n) is 1.88. The van der Waals surface area contributed by atoms with Gasteiger partial charge in [-0.15, -0.1) is 0 Å². The SMILES string of the molecule is CC(C)(C)c1nc(Cl)c2c(n1)CCCC2. The summed E-state index contributed by atoms with van der Waals surface area (Å²) in [5, 5.41) is 0.671. The Bertz CT molecular complexity index is 380. The highest BCUT2D eigenvalue weighted by molar-refractivity contribution is 6.30. The molecule has 0 spiro atoms. The Morgan fingerprint density at radius 1 is 1.07 bits per heavy atom. The van der Waals surface area contributed by atoms with E-state index in [0.717, 1.165) is 18.7 Å². The van der Waals surface area contributed by atoms with E-state index in [1.165, 1.54) is 24.1 Å². The van der Waals surface area contributed by atoms with Gasteiger partial charge in [-0.2, -0.15) is 0 Å². The Morgan fingerprint density at radius 3 is 2.40 bits per heavy atom. The summed E-state index contributed by atoms with van der Waals surface area (Å²) < 4.78 is 0. The van der Waals surface area contributed by atoms with Crippen molar-refractivity contribution in [3.05, 3.63) is 22.2 Å². The fourth-order valence-corrected chi connectivity index (χ4v) is 2.17. The molecule has 0 bridgehead atoms. The molecule has 0 radical (unpaired) electrons. The molecular formula is C12H17ClN2. The summed E-state index contributed by atoms with van der Waals surface area (Å²) in [6.45, 7) is 6.36. The Kier molecular flexibility index (Phi) is 2.72. The van der Waals surface area contributed by atoms with Crippen molar-refractivity contribution in [3.8, 4) is 0 Å². The molecule has 1 aliphatic rings. The summed E-state index contributed by atoms with van der Waals surface area (Å²) in [4.78, 5) is 9.06. The van der Waals surface area contributed by atoms with Crippen molar-refractivity contribution < 1.29 is 0 Å². The number of fused-ring (bicyclic) bond motifs is 1. The zero-order chi connectivity index (χ0) is 11.1. The first kappa shape index (κ1) is 10.9. The maximum Gasteiger partial charge on any atom is 0.136 e. The van der Waals surface area contributed by atoms with Crippen molar-refractivity contribution in [2.24, 2.45) is 0 Å². The van der Waals surface area contributed by atoms with Crippen LogP contribution >= 0.6 is 11.6 Å². The molecule has 15 heavy (non-hydrogen) atoms. The van der Waals surface area contributed by atoms with Gasteiger partial charge in [-0.05, 0) is 25.7 Å². The van der Waals surface area contributed by atoms with Crippen molar-refractivity contribution in [3.63, 3.8) is 0 Å². The molecule has 1 aromatic heterocycles. The van der Waals surface area contributed by atoms with Gasteiger partial charge in [0, 0.05) is 16.7 Å². The molecular weight excluding hydrogens is 208 g/mol. The first-order chi connectivity index (χ1) is 6.98. The Labute approximate surface area is 96.1 Å². The zero-order valence-electron chi connectivity index (χ0n) is 9.60. The summed E-state index contributed by atoms with van der Waals surface area (Å²) in [7, 11) is 0. The molecule has 0 unspecified atom stereocenters. The highest BCUT2D eigenvalue weighted by Crippen LogP contribution is 2.28. The standard InChI is InChI=1S/C12H17ClN2/c1-12(2,3)11-14-9-7-5-4-6-8(9)10(13)15-11/h4-7H2,1-3H3. The lowest BCUT2D eigenvalue weighted by molar-refractivity contribution is 0.532. The Hall–Kier alpha value is -0.630. The lowest BCUT2D eigenvalue weighted by Crippen LogP contribution is -2.19. The summed E-state index contributed by atoms with van der Waals surface area (Å²) in [6, 6.07) is 0. The van der Waals surface area contributed by atoms with E-state index in [2.05, 4.69) is 30.7 Å². The average molecular weight is 225 g/mol. The molecule has 0 aromatic carbocycles. The number of hydrogen-bond acceptors (Lipinski definition) is 2. The molecule has 0 saturated carbocycles. The van der Waals surface area contributed by atoms with Crippen LogP contribution in [0, 0.1) is 0 Å². The van der Waals surface area contributed by atoms with Crippen LogP contribution in [-0.2, 0) is 18.3 Å². The Balaban J connectivity index is 2.50. The molecule has 0 aliphatic heterocycles. The molecule has 3 heteroatoms. The number of aryl methyl sites for hydroxylation is 1. The molecule has 0 N–H and O–H groups in total. The number of nitrogens with zero attached hydrogens (tertiary/aromatic N) is 2. The second kappa shape index (κ2) is 3.75. The van der Waals surface area contributed by atoms with E-state index in [0.29, 0.717) is 5.15 Å². The highest BCUT2D eigenvalue weighted by Gasteiger charge is 2.22. The van der Waals surface area contributed by atoms with Crippen molar-refractivity contribution in [2.75, 3.05) is 0 Å². The maximum absolute atomic E-state index is 6.20. The predicted molar refractivity (Wildman–Crippen MR) is 62.4 cm³/mol. The molecule has 0 fully saturated rings. The third-order valence-corrected chi connectivity index (χ3v) is 3.12. The average Bonchev–Trinajstić information content (AvgIpc) is 2.16. The second-order valence-corrected chi connectivity index (χ2v) is 5.58. The summed E-state index contributed by atoms with van der Waals surface area (Å²) >= 11 is 6.20. The van der Waals surface area contributed by atoms with Crippen LogP contribution < -0.4 is 0 Å². The molecule has 1 aromatic rings. The largest absolute Gasteiger partial charge is 0.237 e. The van der Waals surface area contributed by atoms with E-state index in [9.17, 15) is 0 Å². The minimum Gasteiger partial charge on any atom is -0.237 e. The van der Waals surface area contributed by atoms with Crippen molar-refractivity contribution in [1.82, 2.24) is 9.97 Å². The highest BCUT2D eigenvalue weighted by atomic mass is 35.5. The zero-order valence-corrected chi connectivity index (χ0v) is 10.4. The minimum absolute atomic E-state index is 0.0177. The van der Waals surface area contributed by atoms with E-state index < -0.39 is 0 Å². The van der Waals surface area contributed by atoms with E-state index in [1.807, 2.05) is 0 Å². The first-order valence-corrected chi connectivity index (χ1v) is 5.92. The van der Waals surface area contributed by atoms with Crippen molar-refractivity contribution >= 4 is 11.6 Å². The van der Waals surface area contributed by atoms with Crippen LogP contribution in [0.1, 0.15) is 50.7 Å². The number of aromatic nitrogens is 2. The lowest BCUT2D eigenvalue weighted by atomic mass is 9.93. The van der Waals surface area contributed by atoms with Gasteiger partial charge in [0.15, 0.2) is 0 Å². The molecule has 82 valence electrons. The molecule has 0 amide bonds. The van der Waals surface area contributed by atoms with Crippen LogP contribution in [0.25, 0.3) is 0 Å². The predicted octanol–water partition coefficient (Wildman–Crippen LogP) is 3.31. The molecule has 0 saturated heterocycles. The molecule has 0 atom stereocenters. The van der Waals surface area contributed by atoms with E-state index in [1.54, 1.807) is 0 Å². The molecule has 2 rings (SSSR count). The van der Waals surface area contributed by atoms with Crippen molar-refractivity contribution in [2.45, 2.75) is 51.9 Å². The summed E-state index contributed by atoms with van der Waals surface area (Å²) in [5.41, 5.74) is 2.33. The van der Waals surface area contributed by atoms with Gasteiger partial charge in [0.1, 0.15) is 11.0 Å². The lowest BCUT2D eigenvalue weighted by Gasteiger charge is -2.21. The van der Waals surface area contributed by atoms with Gasteiger partial charge in [-0.25, -0.2) is 9.97 Å². The van der Waals surface area contributed by atoms with E-state index >= 15 is 0 Å². The van der Waals surface area contributed by atoms with Crippen LogP contribution in [0.2, 0.25) is 5.15 Å². The van der Waals surface area contributed by atoms with E-state index in [-0.39, 0.29) is 5.41 Å². The van der Waals surface area contributed by atoms with Gasteiger partial charge >= 0.3 is 0 Å². The van der Waals surface area contributed by atoms with Gasteiger partial charge in [-0.1, -0.05) is 32.4 Å². The van der Waals surface area contributed by atoms with Crippen LogP contribution in [0.5, 0.6) is 0 Å². The number of rotatable bonds is 0. The molecule has 1 aliphatic carbocycles. The third-order valence-electron chi connectivity index (χ3n) is 2.80. The maximum atomic E-state index is 6.20. The Morgan fingerprint density at radius 2 is 1.73 bits per heavy atom. The molecule has 2 nitrogen and oxygen atoms in total. The number of hydrogen-bond donors (Lipinski definition) is 0. The summed E-state index contributed by atoms with van der Waals surface area (Å²) in [5.74, 6) is 0.869. The van der Waals surface area contributed by atoms with Gasteiger partial charge in [-0.3, -0.25) is 0 Å². The first-order valence-electron chi connectivity index (χ1n) is 5.54. The van der Waals surface area contributed by atoms with Crippen LogP contribution in [0.3, 0.4) is 0 Å². The van der Waals surface area contributed by atoms with Gasteiger partial charge in [0.2, 0.25) is 0 Å². The van der Waals surface area contributed by atoms with E-state index in [4.69, 9.17) is 11.6 Å². The van der Waals surface area contributed by atoms with Crippen LogP contribution in [0.4, 0.5) is 0 Å². The second-order valence-electron chi connectivity index (χ2n) is 5.22. The van der Waals surface area contributed by atoms with Gasteiger partial charge < -0.3 is 0 Å².